The lowest BCUT2D eigenvalue weighted by Gasteiger charge is -2.36. The van der Waals surface area contributed by atoms with Gasteiger partial charge in [0.05, 0.1) is 38.3 Å². The van der Waals surface area contributed by atoms with E-state index < -0.39 is 29.6 Å². The Hall–Kier alpha value is -2.95. The van der Waals surface area contributed by atoms with E-state index in [1.165, 1.54) is 6.42 Å². The normalized spacial score (nSPS) is 34.5. The summed E-state index contributed by atoms with van der Waals surface area (Å²) in [5.74, 6) is -1.13. The summed E-state index contributed by atoms with van der Waals surface area (Å²) in [6.07, 6.45) is 8.18. The Bertz CT molecular complexity index is 1180. The molecule has 1 spiro atoms. The number of morpholine rings is 1. The summed E-state index contributed by atoms with van der Waals surface area (Å²) < 4.78 is 17.3. The number of amides is 3. The van der Waals surface area contributed by atoms with Gasteiger partial charge in [0.15, 0.2) is 0 Å². The zero-order valence-corrected chi connectivity index (χ0v) is 24.1. The molecule has 6 rings (SSSR count). The zero-order valence-electron chi connectivity index (χ0n) is 24.1. The maximum Gasteiger partial charge on any atom is 0.246 e. The number of nitrogens with one attached hydrogen (secondary N) is 2. The van der Waals surface area contributed by atoms with Crippen LogP contribution in [0.1, 0.15) is 39.0 Å². The third kappa shape index (κ3) is 5.26. The second-order valence-electron chi connectivity index (χ2n) is 12.1. The van der Waals surface area contributed by atoms with E-state index in [4.69, 9.17) is 14.2 Å². The van der Waals surface area contributed by atoms with Gasteiger partial charge in [-0.3, -0.25) is 19.3 Å². The highest BCUT2D eigenvalue weighted by molar-refractivity contribution is 6.02. The van der Waals surface area contributed by atoms with E-state index in [0.717, 1.165) is 45.3 Å². The fraction of sp³-hybridized carbons (Fsp3) is 0.645. The highest BCUT2D eigenvalue weighted by Crippen LogP contribution is 2.55. The number of anilines is 1. The first-order valence-corrected chi connectivity index (χ1v) is 15.1. The zero-order chi connectivity index (χ0) is 28.6. The summed E-state index contributed by atoms with van der Waals surface area (Å²) in [5.41, 5.74) is -0.567. The van der Waals surface area contributed by atoms with Crippen molar-refractivity contribution >= 4 is 23.4 Å². The first-order chi connectivity index (χ1) is 19.9. The van der Waals surface area contributed by atoms with E-state index >= 15 is 0 Å². The molecule has 0 radical (unpaired) electrons. The topological polar surface area (TPSA) is 109 Å². The van der Waals surface area contributed by atoms with E-state index in [1.807, 2.05) is 12.2 Å². The number of carbonyl (C=O) groups excluding carboxylic acids is 3. The van der Waals surface area contributed by atoms with Crippen molar-refractivity contribution in [2.75, 3.05) is 51.8 Å². The molecule has 10 nitrogen and oxygen atoms in total. The van der Waals surface area contributed by atoms with Gasteiger partial charge < -0.3 is 29.7 Å². The van der Waals surface area contributed by atoms with Crippen LogP contribution in [0.25, 0.3) is 0 Å². The highest BCUT2D eigenvalue weighted by atomic mass is 16.5. The molecule has 7 atom stereocenters. The molecule has 3 amide bonds. The smallest absolute Gasteiger partial charge is 0.246 e. The Balaban J connectivity index is 1.24. The van der Waals surface area contributed by atoms with Crippen LogP contribution in [0, 0.1) is 17.8 Å². The maximum atomic E-state index is 14.2. The highest BCUT2D eigenvalue weighted by Gasteiger charge is 2.72. The maximum absolute atomic E-state index is 14.2. The SMILES string of the molecule is COc1cccc(NC(=O)[C@@H]2[C@@H]3C=C[C@]4(O3)[C@@H]2C(=O)N(CCCN2CCOCC2)[C@H]4C(=O)N[C@@H]2CCCC[C@@H]2C)c1. The molecule has 10 heteroatoms. The van der Waals surface area contributed by atoms with Crippen LogP contribution in [0.5, 0.6) is 5.75 Å². The van der Waals surface area contributed by atoms with Gasteiger partial charge in [-0.25, -0.2) is 0 Å². The predicted octanol–water partition coefficient (Wildman–Crippen LogP) is 2.20. The molecule has 0 aromatic heterocycles. The van der Waals surface area contributed by atoms with Gasteiger partial charge in [0, 0.05) is 44.0 Å². The summed E-state index contributed by atoms with van der Waals surface area (Å²) in [7, 11) is 1.57. The molecule has 222 valence electrons. The molecule has 2 bridgehead atoms. The Labute approximate surface area is 241 Å². The summed E-state index contributed by atoms with van der Waals surface area (Å²) in [6, 6.07) is 6.40. The molecule has 1 saturated carbocycles. The fourth-order valence-electron chi connectivity index (χ4n) is 7.52. The van der Waals surface area contributed by atoms with Crippen LogP contribution in [-0.4, -0.2) is 97.8 Å². The van der Waals surface area contributed by atoms with Crippen LogP contribution in [0.3, 0.4) is 0 Å². The molecule has 0 unspecified atom stereocenters. The van der Waals surface area contributed by atoms with E-state index in [9.17, 15) is 14.4 Å². The summed E-state index contributed by atoms with van der Waals surface area (Å²) in [5, 5.41) is 6.27. The molecule has 5 aliphatic rings. The Morgan fingerprint density at radius 3 is 2.71 bits per heavy atom. The molecule has 1 aromatic carbocycles. The quantitative estimate of drug-likeness (QED) is 0.441. The Kier molecular flexibility index (Phi) is 8.07. The van der Waals surface area contributed by atoms with Crippen molar-refractivity contribution in [3.63, 3.8) is 0 Å². The fourth-order valence-corrected chi connectivity index (χ4v) is 7.52. The van der Waals surface area contributed by atoms with Crippen molar-refractivity contribution in [3.8, 4) is 5.75 Å². The van der Waals surface area contributed by atoms with Crippen molar-refractivity contribution in [1.29, 1.82) is 0 Å². The predicted molar refractivity (Wildman–Crippen MR) is 152 cm³/mol. The van der Waals surface area contributed by atoms with E-state index in [1.54, 1.807) is 36.3 Å². The molecule has 1 aromatic rings. The van der Waals surface area contributed by atoms with Gasteiger partial charge in [-0.15, -0.1) is 0 Å². The number of fused-ring (bicyclic) bond motifs is 1. The first-order valence-electron chi connectivity index (χ1n) is 15.1. The number of ether oxygens (including phenoxy) is 3. The first kappa shape index (κ1) is 28.2. The second-order valence-corrected chi connectivity index (χ2v) is 12.1. The van der Waals surface area contributed by atoms with Crippen LogP contribution in [0.2, 0.25) is 0 Å². The van der Waals surface area contributed by atoms with Crippen molar-refractivity contribution in [2.24, 2.45) is 17.8 Å². The van der Waals surface area contributed by atoms with E-state index in [-0.39, 0.29) is 23.8 Å². The van der Waals surface area contributed by atoms with Gasteiger partial charge in [0.2, 0.25) is 17.7 Å². The molecule has 1 aliphatic carbocycles. The summed E-state index contributed by atoms with van der Waals surface area (Å²) in [6.45, 7) is 6.58. The molecular formula is C31H42N4O6. The van der Waals surface area contributed by atoms with Crippen molar-refractivity contribution in [1.82, 2.24) is 15.1 Å². The molecule has 41 heavy (non-hydrogen) atoms. The molecular weight excluding hydrogens is 524 g/mol. The average Bonchev–Trinajstić information content (AvgIpc) is 3.62. The molecule has 2 N–H and O–H groups in total. The lowest BCUT2D eigenvalue weighted by Crippen LogP contribution is -2.57. The Morgan fingerprint density at radius 2 is 1.93 bits per heavy atom. The number of hydrogen-bond acceptors (Lipinski definition) is 7. The van der Waals surface area contributed by atoms with Crippen molar-refractivity contribution in [2.45, 2.75) is 62.8 Å². The molecule has 4 aliphatic heterocycles. The lowest BCUT2D eigenvalue weighted by atomic mass is 9.74. The number of methoxy groups -OCH3 is 1. The van der Waals surface area contributed by atoms with Crippen LogP contribution >= 0.6 is 0 Å². The minimum Gasteiger partial charge on any atom is -0.497 e. The summed E-state index contributed by atoms with van der Waals surface area (Å²) >= 11 is 0. The number of rotatable bonds is 9. The third-order valence-corrected chi connectivity index (χ3v) is 9.68. The van der Waals surface area contributed by atoms with Gasteiger partial charge in [-0.2, -0.15) is 0 Å². The number of likely N-dealkylation sites (tertiary alicyclic amines) is 1. The number of hydrogen-bond donors (Lipinski definition) is 2. The summed E-state index contributed by atoms with van der Waals surface area (Å²) in [4.78, 5) is 46.0. The van der Waals surface area contributed by atoms with Crippen LogP contribution in [-0.2, 0) is 23.9 Å². The van der Waals surface area contributed by atoms with Gasteiger partial charge in [-0.05, 0) is 37.3 Å². The van der Waals surface area contributed by atoms with Gasteiger partial charge in [0.25, 0.3) is 0 Å². The average molecular weight is 567 g/mol. The van der Waals surface area contributed by atoms with E-state index in [2.05, 4.69) is 22.5 Å². The van der Waals surface area contributed by atoms with Crippen LogP contribution in [0.4, 0.5) is 5.69 Å². The standard InChI is InChI=1S/C31H42N4O6/c1-20-7-3-4-10-23(20)33-29(37)27-31-12-11-24(41-31)25(28(36)32-21-8-5-9-22(19-21)39-2)26(31)30(38)35(27)14-6-13-34-15-17-40-18-16-34/h5,8-9,11-12,19-20,23-27H,3-4,6-7,10,13-18H2,1-2H3,(H,32,36)(H,33,37)/t20-,23+,24-,25+,26-,27-,31-/m0/s1. The molecule has 4 fully saturated rings. The van der Waals surface area contributed by atoms with Crippen LogP contribution in [0.15, 0.2) is 36.4 Å². The molecule has 3 saturated heterocycles. The third-order valence-electron chi connectivity index (χ3n) is 9.68. The van der Waals surface area contributed by atoms with Gasteiger partial charge in [0.1, 0.15) is 17.4 Å². The number of carbonyl (C=O) groups is 3. The minimum atomic E-state index is -1.15. The van der Waals surface area contributed by atoms with Gasteiger partial charge >= 0.3 is 0 Å². The Morgan fingerprint density at radius 1 is 1.12 bits per heavy atom. The lowest BCUT2D eigenvalue weighted by molar-refractivity contribution is -0.141. The largest absolute Gasteiger partial charge is 0.497 e. The number of nitrogens with zero attached hydrogens (tertiary/aromatic N) is 2. The van der Waals surface area contributed by atoms with Crippen LogP contribution < -0.4 is 15.4 Å². The monoisotopic (exact) mass is 566 g/mol. The molecule has 4 heterocycles. The van der Waals surface area contributed by atoms with Crippen molar-refractivity contribution < 1.29 is 28.6 Å². The van der Waals surface area contributed by atoms with Crippen molar-refractivity contribution in [3.05, 3.63) is 36.4 Å². The van der Waals surface area contributed by atoms with Gasteiger partial charge in [-0.1, -0.05) is 38.0 Å². The minimum absolute atomic E-state index is 0.0757. The second kappa shape index (κ2) is 11.7. The number of benzene rings is 1. The van der Waals surface area contributed by atoms with E-state index in [0.29, 0.717) is 37.1 Å².